The molecule has 2 aliphatic rings. The van der Waals surface area contributed by atoms with Crippen molar-refractivity contribution >= 4 is 26.9 Å². The van der Waals surface area contributed by atoms with Crippen LogP contribution < -0.4 is 0 Å². The first-order chi connectivity index (χ1) is 9.93. The molecule has 4 rings (SSSR count). The first-order valence-electron chi connectivity index (χ1n) is 6.57. The fraction of sp³-hybridized carbons (Fsp3) is 0.0588. The molecule has 3 heteroatoms. The van der Waals surface area contributed by atoms with Crippen LogP contribution in [-0.4, -0.2) is 17.4 Å². The summed E-state index contributed by atoms with van der Waals surface area (Å²) in [4.78, 5) is 7.24. The van der Waals surface area contributed by atoms with Crippen LogP contribution in [0.15, 0.2) is 81.5 Å². The van der Waals surface area contributed by atoms with Crippen LogP contribution in [0.3, 0.4) is 0 Å². The monoisotopic (exact) mass is 279 g/mol. The topological polar surface area (TPSA) is 21.6 Å². The minimum atomic E-state index is -0.187. The lowest BCUT2D eigenvalue weighted by molar-refractivity contribution is 0.363. The maximum absolute atomic E-state index is 5.92. The molecule has 0 fully saturated rings. The number of benzene rings is 2. The standard InChI is InChI=1S/C17H13NOS/c1-2-7-13(8-3-1)20-16-11-5-4-9-14(16)18-15-10-6-12-19-17(15)20/h1-11H,12H2. The molecule has 20 heavy (non-hydrogen) atoms. The number of fused-ring (bicyclic) bond motifs is 2. The van der Waals surface area contributed by atoms with Crippen molar-refractivity contribution in [3.63, 3.8) is 0 Å². The number of aliphatic imine (C=N–C) groups is 1. The molecule has 0 N–H and O–H groups in total. The lowest BCUT2D eigenvalue weighted by Gasteiger charge is -2.24. The molecular formula is C17H13NOS. The highest BCUT2D eigenvalue weighted by Gasteiger charge is 2.23. The van der Waals surface area contributed by atoms with E-state index in [1.807, 2.05) is 18.2 Å². The van der Waals surface area contributed by atoms with E-state index in [0.29, 0.717) is 6.61 Å². The lowest BCUT2D eigenvalue weighted by atomic mass is 10.2. The maximum Gasteiger partial charge on any atom is 0.134 e. The van der Waals surface area contributed by atoms with Gasteiger partial charge in [0.05, 0.1) is 12.3 Å². The van der Waals surface area contributed by atoms with Gasteiger partial charge in [-0.15, -0.1) is 0 Å². The molecule has 0 amide bonds. The van der Waals surface area contributed by atoms with Gasteiger partial charge in [0.15, 0.2) is 0 Å². The van der Waals surface area contributed by atoms with E-state index in [1.165, 1.54) is 9.79 Å². The molecule has 98 valence electrons. The van der Waals surface area contributed by atoms with Gasteiger partial charge in [0, 0.05) is 9.79 Å². The average Bonchev–Trinajstić information content (AvgIpc) is 2.53. The highest BCUT2D eigenvalue weighted by Crippen LogP contribution is 2.45. The number of hydrogen-bond acceptors (Lipinski definition) is 2. The van der Waals surface area contributed by atoms with Crippen LogP contribution in [0.4, 0.5) is 5.69 Å². The molecule has 2 heterocycles. The zero-order valence-corrected chi connectivity index (χ0v) is 11.6. The van der Waals surface area contributed by atoms with Gasteiger partial charge in [0.2, 0.25) is 0 Å². The smallest absolute Gasteiger partial charge is 0.134 e. The lowest BCUT2D eigenvalue weighted by Crippen LogP contribution is -2.22. The van der Waals surface area contributed by atoms with Crippen LogP contribution in [0, 0.1) is 0 Å². The summed E-state index contributed by atoms with van der Waals surface area (Å²) in [6.07, 6.45) is 4.08. The Bertz CT molecular complexity index is 760. The normalized spacial score (nSPS) is 20.1. The molecule has 1 atom stereocenters. The van der Waals surface area contributed by atoms with E-state index in [1.54, 1.807) is 0 Å². The fourth-order valence-corrected chi connectivity index (χ4v) is 4.56. The van der Waals surface area contributed by atoms with E-state index in [4.69, 9.17) is 9.73 Å². The molecular weight excluding hydrogens is 266 g/mol. The number of para-hydroxylation sites is 1. The van der Waals surface area contributed by atoms with Crippen molar-refractivity contribution in [3.05, 3.63) is 66.7 Å². The SMILES string of the molecule is C1=CC2=Nc3ccccc3S(c3ccccc3)=C2OC1. The Morgan fingerprint density at radius 1 is 0.950 bits per heavy atom. The number of nitrogens with zero attached hydrogens (tertiary/aromatic N) is 1. The van der Waals surface area contributed by atoms with Gasteiger partial charge >= 0.3 is 0 Å². The summed E-state index contributed by atoms with van der Waals surface area (Å²) >= 11 is 0. The largest absolute Gasteiger partial charge is 0.333 e. The summed E-state index contributed by atoms with van der Waals surface area (Å²) in [5.41, 5.74) is 2.01. The van der Waals surface area contributed by atoms with Crippen molar-refractivity contribution < 1.29 is 4.74 Å². The van der Waals surface area contributed by atoms with Gasteiger partial charge in [-0.05, 0) is 30.3 Å². The third kappa shape index (κ3) is 1.87. The predicted molar refractivity (Wildman–Crippen MR) is 84.2 cm³/mol. The first kappa shape index (κ1) is 11.8. The molecule has 0 saturated carbocycles. The highest BCUT2D eigenvalue weighted by atomic mass is 32.2. The molecule has 0 aliphatic carbocycles. The zero-order valence-electron chi connectivity index (χ0n) is 10.8. The quantitative estimate of drug-likeness (QED) is 0.718. The Labute approximate surface area is 120 Å². The molecule has 2 aliphatic heterocycles. The fourth-order valence-electron chi connectivity index (χ4n) is 2.41. The highest BCUT2D eigenvalue weighted by molar-refractivity contribution is 8.17. The van der Waals surface area contributed by atoms with Crippen LogP contribution in [0.5, 0.6) is 0 Å². The molecule has 0 saturated heterocycles. The Morgan fingerprint density at radius 2 is 1.75 bits per heavy atom. The number of hydrogen-bond donors (Lipinski definition) is 0. The van der Waals surface area contributed by atoms with Gasteiger partial charge in [0.1, 0.15) is 10.8 Å². The van der Waals surface area contributed by atoms with Gasteiger partial charge < -0.3 is 4.74 Å². The van der Waals surface area contributed by atoms with E-state index in [0.717, 1.165) is 16.4 Å². The Morgan fingerprint density at radius 3 is 2.65 bits per heavy atom. The van der Waals surface area contributed by atoms with Crippen LogP contribution >= 0.6 is 10.5 Å². The van der Waals surface area contributed by atoms with E-state index < -0.39 is 0 Å². The zero-order chi connectivity index (χ0) is 13.4. The van der Waals surface area contributed by atoms with Crippen LogP contribution in [-0.2, 0) is 4.74 Å². The summed E-state index contributed by atoms with van der Waals surface area (Å²) in [5, 5.41) is 0.998. The molecule has 2 aromatic rings. The van der Waals surface area contributed by atoms with Crippen molar-refractivity contribution in [2.24, 2.45) is 4.99 Å². The second-order valence-corrected chi connectivity index (χ2v) is 6.48. The molecule has 0 spiro atoms. The van der Waals surface area contributed by atoms with E-state index in [-0.39, 0.29) is 10.5 Å². The van der Waals surface area contributed by atoms with Gasteiger partial charge in [-0.2, -0.15) is 0 Å². The summed E-state index contributed by atoms with van der Waals surface area (Å²) in [6.45, 7) is 0.632. The van der Waals surface area contributed by atoms with E-state index in [9.17, 15) is 0 Å². The van der Waals surface area contributed by atoms with Crippen LogP contribution in [0.2, 0.25) is 0 Å². The predicted octanol–water partition coefficient (Wildman–Crippen LogP) is 4.18. The van der Waals surface area contributed by atoms with Crippen molar-refractivity contribution in [1.82, 2.24) is 0 Å². The van der Waals surface area contributed by atoms with Gasteiger partial charge in [-0.1, -0.05) is 46.9 Å². The Hall–Kier alpha value is -1.97. The molecule has 0 aromatic heterocycles. The number of ether oxygens (including phenoxy) is 1. The summed E-state index contributed by atoms with van der Waals surface area (Å²) in [7, 11) is -0.187. The molecule has 0 radical (unpaired) electrons. The second kappa shape index (κ2) is 4.85. The van der Waals surface area contributed by atoms with Crippen molar-refractivity contribution in [2.75, 3.05) is 6.61 Å². The third-order valence-electron chi connectivity index (χ3n) is 3.29. The van der Waals surface area contributed by atoms with E-state index >= 15 is 0 Å². The first-order valence-corrected chi connectivity index (χ1v) is 7.80. The van der Waals surface area contributed by atoms with Gasteiger partial charge in [-0.25, -0.2) is 4.99 Å². The van der Waals surface area contributed by atoms with Crippen molar-refractivity contribution in [2.45, 2.75) is 9.79 Å². The molecule has 2 nitrogen and oxygen atoms in total. The molecule has 0 bridgehead atoms. The minimum Gasteiger partial charge on any atom is -0.333 e. The molecule has 2 aromatic carbocycles. The Kier molecular flexibility index (Phi) is 2.87. The van der Waals surface area contributed by atoms with Crippen molar-refractivity contribution in [1.29, 1.82) is 0 Å². The summed E-state index contributed by atoms with van der Waals surface area (Å²) in [5.74, 6) is 0. The van der Waals surface area contributed by atoms with E-state index in [2.05, 4.69) is 48.5 Å². The summed E-state index contributed by atoms with van der Waals surface area (Å²) < 4.78 is 5.92. The van der Waals surface area contributed by atoms with Gasteiger partial charge in [0.25, 0.3) is 0 Å². The third-order valence-corrected chi connectivity index (χ3v) is 5.51. The van der Waals surface area contributed by atoms with Crippen LogP contribution in [0.1, 0.15) is 0 Å². The summed E-state index contributed by atoms with van der Waals surface area (Å²) in [6, 6.07) is 18.9. The van der Waals surface area contributed by atoms with Crippen molar-refractivity contribution in [3.8, 4) is 0 Å². The average molecular weight is 279 g/mol. The second-order valence-electron chi connectivity index (χ2n) is 4.58. The minimum absolute atomic E-state index is 0.187. The Balaban J connectivity index is 2.04. The maximum atomic E-state index is 5.92. The van der Waals surface area contributed by atoms with Crippen LogP contribution in [0.25, 0.3) is 0 Å². The number of rotatable bonds is 1. The van der Waals surface area contributed by atoms with Gasteiger partial charge in [-0.3, -0.25) is 0 Å². The molecule has 1 unspecified atom stereocenters.